The largest absolute Gasteiger partial charge is 0.489 e. The number of hydrogen-bond acceptors (Lipinski definition) is 5. The van der Waals surface area contributed by atoms with Gasteiger partial charge < -0.3 is 14.4 Å². The van der Waals surface area contributed by atoms with Crippen LogP contribution in [0.5, 0.6) is 5.75 Å². The number of ether oxygens (including phenoxy) is 2. The Morgan fingerprint density at radius 3 is 2.48 bits per heavy atom. The second-order valence-electron chi connectivity index (χ2n) is 7.19. The molecule has 1 aliphatic heterocycles. The molecule has 0 fully saturated rings. The molecule has 2 N–H and O–H groups in total. The van der Waals surface area contributed by atoms with Crippen molar-refractivity contribution in [1.29, 1.82) is 0 Å². The second kappa shape index (κ2) is 10.6. The molecule has 3 amide bonds. The number of quaternary nitrogens is 1. The van der Waals surface area contributed by atoms with Crippen molar-refractivity contribution in [2.24, 2.45) is 0 Å². The smallest absolute Gasteiger partial charge is 0.414 e. The molecule has 31 heavy (non-hydrogen) atoms. The number of carbonyl (C=O) groups is 3. The molecule has 0 bridgehead atoms. The Labute approximate surface area is 181 Å². The molecule has 0 saturated carbocycles. The molecule has 1 unspecified atom stereocenters. The molecule has 2 aromatic carbocycles. The summed E-state index contributed by atoms with van der Waals surface area (Å²) in [6.07, 6.45) is -0.777. The lowest BCUT2D eigenvalue weighted by atomic mass is 10.0. The first-order valence-corrected chi connectivity index (χ1v) is 10.4. The van der Waals surface area contributed by atoms with E-state index in [9.17, 15) is 14.4 Å². The van der Waals surface area contributed by atoms with Crippen LogP contribution in [-0.4, -0.2) is 50.8 Å². The predicted octanol–water partition coefficient (Wildman–Crippen LogP) is 1.33. The molecule has 0 spiro atoms. The van der Waals surface area contributed by atoms with Crippen molar-refractivity contribution in [2.75, 3.05) is 37.7 Å². The van der Waals surface area contributed by atoms with E-state index in [0.717, 1.165) is 10.5 Å². The van der Waals surface area contributed by atoms with E-state index >= 15 is 0 Å². The Kier molecular flexibility index (Phi) is 7.61. The Hall–Kier alpha value is -3.39. The fourth-order valence-electron chi connectivity index (χ4n) is 3.58. The van der Waals surface area contributed by atoms with E-state index in [1.165, 1.54) is 0 Å². The van der Waals surface area contributed by atoms with Gasteiger partial charge in [0.2, 0.25) is 0 Å². The van der Waals surface area contributed by atoms with Crippen LogP contribution in [0.4, 0.5) is 10.5 Å². The van der Waals surface area contributed by atoms with Crippen LogP contribution in [0.15, 0.2) is 54.6 Å². The van der Waals surface area contributed by atoms with Gasteiger partial charge in [-0.3, -0.25) is 19.8 Å². The standard InChI is InChI=1S/C23H27N3O5/c1-3-25(14-21(27)24-23(29)30-4-2)15-22(28)26-18-12-8-9-13-20(18)31-16-19(26)17-10-6-5-7-11-17/h5-13,19H,3-4,14-16H2,1-2H3,(H,24,27,29)/p+1/t19-/m1/s1. The minimum absolute atomic E-state index is 0.0109. The molecule has 2 aromatic rings. The van der Waals surface area contributed by atoms with Crippen molar-refractivity contribution in [3.63, 3.8) is 0 Å². The Balaban J connectivity index is 1.77. The molecule has 8 heteroatoms. The van der Waals surface area contributed by atoms with E-state index < -0.39 is 12.0 Å². The average Bonchev–Trinajstić information content (AvgIpc) is 2.78. The molecule has 1 aliphatic rings. The lowest BCUT2D eigenvalue weighted by molar-refractivity contribution is -0.881. The highest BCUT2D eigenvalue weighted by atomic mass is 16.5. The summed E-state index contributed by atoms with van der Waals surface area (Å²) in [6.45, 7) is 4.71. The summed E-state index contributed by atoms with van der Waals surface area (Å²) < 4.78 is 10.7. The van der Waals surface area contributed by atoms with Crippen LogP contribution in [0.1, 0.15) is 25.5 Å². The third-order valence-corrected chi connectivity index (χ3v) is 5.11. The highest BCUT2D eigenvalue weighted by Gasteiger charge is 2.35. The number of nitrogens with one attached hydrogen (secondary N) is 2. The van der Waals surface area contributed by atoms with Crippen LogP contribution >= 0.6 is 0 Å². The van der Waals surface area contributed by atoms with Gasteiger partial charge in [-0.15, -0.1) is 0 Å². The highest BCUT2D eigenvalue weighted by Crippen LogP contribution is 2.39. The first-order chi connectivity index (χ1) is 15.0. The molecule has 3 rings (SSSR count). The van der Waals surface area contributed by atoms with Gasteiger partial charge in [-0.1, -0.05) is 42.5 Å². The van der Waals surface area contributed by atoms with E-state index in [2.05, 4.69) is 5.32 Å². The average molecular weight is 426 g/mol. The molecule has 0 aromatic heterocycles. The lowest BCUT2D eigenvalue weighted by Gasteiger charge is -2.37. The van der Waals surface area contributed by atoms with Gasteiger partial charge in [0.15, 0.2) is 13.1 Å². The molecular formula is C23H28N3O5+. The lowest BCUT2D eigenvalue weighted by Crippen LogP contribution is -3.14. The number of imide groups is 1. The maximum Gasteiger partial charge on any atom is 0.414 e. The molecule has 0 aliphatic carbocycles. The second-order valence-corrected chi connectivity index (χ2v) is 7.19. The van der Waals surface area contributed by atoms with Crippen LogP contribution < -0.4 is 19.9 Å². The number of para-hydroxylation sites is 2. The van der Waals surface area contributed by atoms with Crippen molar-refractivity contribution in [3.05, 3.63) is 60.2 Å². The van der Waals surface area contributed by atoms with Crippen molar-refractivity contribution < 1.29 is 28.8 Å². The quantitative estimate of drug-likeness (QED) is 0.697. The van der Waals surface area contributed by atoms with Crippen molar-refractivity contribution in [1.82, 2.24) is 5.32 Å². The SMILES string of the molecule is CCOC(=O)NC(=O)C[NH+](CC)CC(=O)N1c2ccccc2OC[C@@H]1c1ccccc1. The number of nitrogens with zero attached hydrogens (tertiary/aromatic N) is 1. The van der Waals surface area contributed by atoms with Crippen molar-refractivity contribution >= 4 is 23.6 Å². The maximum atomic E-state index is 13.4. The molecular weight excluding hydrogens is 398 g/mol. The van der Waals surface area contributed by atoms with Gasteiger partial charge in [0.1, 0.15) is 12.4 Å². The zero-order valence-electron chi connectivity index (χ0n) is 17.8. The zero-order chi connectivity index (χ0) is 22.2. The number of anilines is 1. The van der Waals surface area contributed by atoms with Crippen LogP contribution in [0.2, 0.25) is 0 Å². The summed E-state index contributed by atoms with van der Waals surface area (Å²) in [5.41, 5.74) is 1.68. The van der Waals surface area contributed by atoms with Crippen LogP contribution in [0.25, 0.3) is 0 Å². The predicted molar refractivity (Wildman–Crippen MR) is 115 cm³/mol. The molecule has 0 radical (unpaired) electrons. The Morgan fingerprint density at radius 2 is 1.77 bits per heavy atom. The molecule has 8 nitrogen and oxygen atoms in total. The van der Waals surface area contributed by atoms with E-state index in [1.807, 2.05) is 61.5 Å². The highest BCUT2D eigenvalue weighted by molar-refractivity contribution is 5.97. The van der Waals surface area contributed by atoms with Gasteiger partial charge in [-0.25, -0.2) is 4.79 Å². The summed E-state index contributed by atoms with van der Waals surface area (Å²) >= 11 is 0. The summed E-state index contributed by atoms with van der Waals surface area (Å²) in [4.78, 5) is 39.6. The maximum absolute atomic E-state index is 13.4. The molecule has 164 valence electrons. The van der Waals surface area contributed by atoms with Gasteiger partial charge >= 0.3 is 6.09 Å². The summed E-state index contributed by atoms with van der Waals surface area (Å²) in [5, 5.41) is 2.18. The van der Waals surface area contributed by atoms with Crippen LogP contribution in [0.3, 0.4) is 0 Å². The Morgan fingerprint density at radius 1 is 1.06 bits per heavy atom. The van der Waals surface area contributed by atoms with E-state index in [1.54, 1.807) is 11.8 Å². The van der Waals surface area contributed by atoms with Gasteiger partial charge in [0.25, 0.3) is 11.8 Å². The first kappa shape index (κ1) is 22.3. The molecule has 1 heterocycles. The fraction of sp³-hybridized carbons (Fsp3) is 0.348. The third-order valence-electron chi connectivity index (χ3n) is 5.11. The van der Waals surface area contributed by atoms with Crippen molar-refractivity contribution in [2.45, 2.75) is 19.9 Å². The number of amides is 3. The topological polar surface area (TPSA) is 89.4 Å². The number of hydrogen-bond donors (Lipinski definition) is 2. The number of carbonyl (C=O) groups excluding carboxylic acids is 3. The van der Waals surface area contributed by atoms with Crippen LogP contribution in [0, 0.1) is 0 Å². The number of rotatable bonds is 7. The molecule has 0 saturated heterocycles. The number of alkyl carbamates (subject to hydrolysis) is 1. The minimum atomic E-state index is -0.777. The summed E-state index contributed by atoms with van der Waals surface area (Å²) in [6, 6.07) is 16.9. The summed E-state index contributed by atoms with van der Waals surface area (Å²) in [7, 11) is 0. The minimum Gasteiger partial charge on any atom is -0.489 e. The fourth-order valence-corrected chi connectivity index (χ4v) is 3.58. The van der Waals surface area contributed by atoms with Crippen LogP contribution in [-0.2, 0) is 14.3 Å². The van der Waals surface area contributed by atoms with Gasteiger partial charge in [0, 0.05) is 0 Å². The Bertz CT molecular complexity index is 918. The first-order valence-electron chi connectivity index (χ1n) is 10.4. The number of fused-ring (bicyclic) bond motifs is 1. The third kappa shape index (κ3) is 5.61. The number of likely N-dealkylation sites (N-methyl/N-ethyl adjacent to an activating group) is 1. The zero-order valence-corrected chi connectivity index (χ0v) is 17.8. The molecule has 2 atom stereocenters. The van der Waals surface area contributed by atoms with E-state index in [4.69, 9.17) is 9.47 Å². The number of benzene rings is 2. The normalized spacial score (nSPS) is 15.9. The van der Waals surface area contributed by atoms with Gasteiger partial charge in [-0.05, 0) is 31.5 Å². The monoisotopic (exact) mass is 426 g/mol. The summed E-state index contributed by atoms with van der Waals surface area (Å²) in [5.74, 6) is 0.0524. The van der Waals surface area contributed by atoms with Gasteiger partial charge in [0.05, 0.1) is 24.9 Å². The van der Waals surface area contributed by atoms with Gasteiger partial charge in [-0.2, -0.15) is 0 Å². The van der Waals surface area contributed by atoms with Crippen molar-refractivity contribution in [3.8, 4) is 5.75 Å². The van der Waals surface area contributed by atoms with E-state index in [0.29, 0.717) is 24.6 Å². The van der Waals surface area contributed by atoms with E-state index in [-0.39, 0.29) is 31.6 Å².